The summed E-state index contributed by atoms with van der Waals surface area (Å²) in [5, 5.41) is 3.56. The van der Waals surface area contributed by atoms with E-state index in [9.17, 15) is 14.0 Å². The number of rotatable bonds is 4. The molecule has 0 atom stereocenters. The molecule has 0 saturated carbocycles. The van der Waals surface area contributed by atoms with E-state index in [0.717, 1.165) is 5.56 Å². The van der Waals surface area contributed by atoms with Crippen molar-refractivity contribution in [1.82, 2.24) is 10.3 Å². The Kier molecular flexibility index (Phi) is 4.12. The van der Waals surface area contributed by atoms with Gasteiger partial charge in [-0.2, -0.15) is 0 Å². The van der Waals surface area contributed by atoms with Gasteiger partial charge in [-0.3, -0.25) is 9.59 Å². The molecule has 0 radical (unpaired) electrons. The van der Waals surface area contributed by atoms with Crippen LogP contribution in [0.5, 0.6) is 0 Å². The molecule has 0 aliphatic carbocycles. The quantitative estimate of drug-likeness (QED) is 0.568. The molecule has 0 fully saturated rings. The van der Waals surface area contributed by atoms with Crippen molar-refractivity contribution < 1.29 is 14.0 Å². The largest absolute Gasteiger partial charge is 0.360 e. The smallest absolute Gasteiger partial charge is 0.292 e. The van der Waals surface area contributed by atoms with Crippen LogP contribution in [-0.2, 0) is 11.3 Å². The van der Waals surface area contributed by atoms with Crippen LogP contribution in [0.15, 0.2) is 48.7 Å². The second-order valence-corrected chi connectivity index (χ2v) is 5.40. The maximum atomic E-state index is 13.2. The van der Waals surface area contributed by atoms with E-state index >= 15 is 0 Å². The van der Waals surface area contributed by atoms with Crippen molar-refractivity contribution in [1.29, 1.82) is 0 Å². The van der Waals surface area contributed by atoms with Gasteiger partial charge in [-0.25, -0.2) is 4.39 Å². The van der Waals surface area contributed by atoms with E-state index in [4.69, 9.17) is 11.6 Å². The lowest BCUT2D eigenvalue weighted by molar-refractivity contribution is -0.117. The van der Waals surface area contributed by atoms with Crippen molar-refractivity contribution in [2.75, 3.05) is 0 Å². The molecule has 2 aromatic carbocycles. The number of ketones is 1. The fourth-order valence-electron chi connectivity index (χ4n) is 2.31. The monoisotopic (exact) mass is 330 g/mol. The van der Waals surface area contributed by atoms with Gasteiger partial charge in [0.2, 0.25) is 0 Å². The highest BCUT2D eigenvalue weighted by atomic mass is 35.5. The van der Waals surface area contributed by atoms with E-state index in [1.54, 1.807) is 24.3 Å². The summed E-state index contributed by atoms with van der Waals surface area (Å²) in [6.07, 6.45) is 1.40. The molecule has 0 aliphatic rings. The molecule has 116 valence electrons. The van der Waals surface area contributed by atoms with Crippen LogP contribution in [0.25, 0.3) is 10.9 Å². The van der Waals surface area contributed by atoms with Gasteiger partial charge in [0.25, 0.3) is 11.7 Å². The van der Waals surface area contributed by atoms with Crippen LogP contribution in [-0.4, -0.2) is 16.7 Å². The van der Waals surface area contributed by atoms with Crippen molar-refractivity contribution in [2.24, 2.45) is 0 Å². The number of nitrogens with one attached hydrogen (secondary N) is 2. The Morgan fingerprint density at radius 1 is 1.17 bits per heavy atom. The molecular formula is C17H12ClFN2O2. The van der Waals surface area contributed by atoms with Gasteiger partial charge in [-0.05, 0) is 29.8 Å². The minimum absolute atomic E-state index is 0.154. The van der Waals surface area contributed by atoms with Gasteiger partial charge in [0.1, 0.15) is 5.82 Å². The normalized spacial score (nSPS) is 10.7. The van der Waals surface area contributed by atoms with Crippen molar-refractivity contribution in [3.63, 3.8) is 0 Å². The zero-order valence-electron chi connectivity index (χ0n) is 11.9. The number of hydrogen-bond donors (Lipinski definition) is 2. The molecule has 6 heteroatoms. The van der Waals surface area contributed by atoms with Gasteiger partial charge in [0, 0.05) is 28.7 Å². The molecular weight excluding hydrogens is 319 g/mol. The third kappa shape index (κ3) is 3.10. The maximum Gasteiger partial charge on any atom is 0.292 e. The molecule has 2 N–H and O–H groups in total. The van der Waals surface area contributed by atoms with Crippen molar-refractivity contribution in [2.45, 2.75) is 6.54 Å². The number of hydrogen-bond acceptors (Lipinski definition) is 2. The fourth-order valence-corrected chi connectivity index (χ4v) is 2.51. The van der Waals surface area contributed by atoms with E-state index in [1.807, 2.05) is 0 Å². The highest BCUT2D eigenvalue weighted by Crippen LogP contribution is 2.20. The Bertz CT molecular complexity index is 904. The number of H-pyrrole nitrogens is 1. The number of aromatic amines is 1. The van der Waals surface area contributed by atoms with Crippen LogP contribution in [0.1, 0.15) is 15.9 Å². The number of benzene rings is 2. The molecule has 4 nitrogen and oxygen atoms in total. The molecule has 1 aromatic heterocycles. The van der Waals surface area contributed by atoms with E-state index in [2.05, 4.69) is 10.3 Å². The number of Topliss-reactive ketones (excluding diaryl/α,β-unsaturated/α-hetero) is 1. The number of halogens is 2. The highest BCUT2D eigenvalue weighted by molar-refractivity contribution is 6.45. The molecule has 0 aliphatic heterocycles. The zero-order valence-corrected chi connectivity index (χ0v) is 12.7. The molecule has 0 bridgehead atoms. The first-order chi connectivity index (χ1) is 11.1. The summed E-state index contributed by atoms with van der Waals surface area (Å²) in [6.45, 7) is 0.154. The molecule has 1 heterocycles. The standard InChI is InChI=1S/C17H12ClFN2O2/c18-14-4-2-1-3-10(14)8-21-17(23)16(22)13-9-20-15-7-11(19)5-6-12(13)15/h1-7,9,20H,8H2,(H,21,23). The summed E-state index contributed by atoms with van der Waals surface area (Å²) in [5.41, 5.74) is 1.39. The summed E-state index contributed by atoms with van der Waals surface area (Å²) in [4.78, 5) is 27.1. The first kappa shape index (κ1) is 15.2. The topological polar surface area (TPSA) is 62.0 Å². The first-order valence-electron chi connectivity index (χ1n) is 6.89. The average Bonchev–Trinajstić information content (AvgIpc) is 2.96. The number of aromatic nitrogens is 1. The maximum absolute atomic E-state index is 13.2. The predicted octanol–water partition coefficient (Wildman–Crippen LogP) is 3.46. The van der Waals surface area contributed by atoms with Gasteiger partial charge in [0.05, 0.1) is 5.56 Å². The average molecular weight is 331 g/mol. The van der Waals surface area contributed by atoms with Crippen LogP contribution in [0, 0.1) is 5.82 Å². The van der Waals surface area contributed by atoms with Crippen LogP contribution in [0.3, 0.4) is 0 Å². The third-order valence-corrected chi connectivity index (χ3v) is 3.86. The summed E-state index contributed by atoms with van der Waals surface area (Å²) < 4.78 is 13.2. The van der Waals surface area contributed by atoms with Crippen molar-refractivity contribution >= 4 is 34.2 Å². The number of carbonyl (C=O) groups excluding carboxylic acids is 2. The SMILES string of the molecule is O=C(NCc1ccccc1Cl)C(=O)c1c[nH]c2cc(F)ccc12. The molecule has 0 spiro atoms. The van der Waals surface area contributed by atoms with Crippen molar-refractivity contribution in [3.8, 4) is 0 Å². The minimum Gasteiger partial charge on any atom is -0.360 e. The highest BCUT2D eigenvalue weighted by Gasteiger charge is 2.20. The summed E-state index contributed by atoms with van der Waals surface area (Å²) in [5.74, 6) is -1.84. The summed E-state index contributed by atoms with van der Waals surface area (Å²) in [6, 6.07) is 11.0. The molecule has 3 rings (SSSR count). The van der Waals surface area contributed by atoms with Gasteiger partial charge < -0.3 is 10.3 Å². The lowest BCUT2D eigenvalue weighted by atomic mass is 10.1. The molecule has 23 heavy (non-hydrogen) atoms. The lowest BCUT2D eigenvalue weighted by Gasteiger charge is -2.06. The van der Waals surface area contributed by atoms with Gasteiger partial charge in [-0.15, -0.1) is 0 Å². The van der Waals surface area contributed by atoms with Gasteiger partial charge in [0.15, 0.2) is 0 Å². The molecule has 0 saturated heterocycles. The Balaban J connectivity index is 1.76. The molecule has 1 amide bonds. The van der Waals surface area contributed by atoms with Crippen molar-refractivity contribution in [3.05, 3.63) is 70.6 Å². The van der Waals surface area contributed by atoms with Gasteiger partial charge in [-0.1, -0.05) is 29.8 Å². The third-order valence-electron chi connectivity index (χ3n) is 3.49. The Hall–Kier alpha value is -2.66. The zero-order chi connectivity index (χ0) is 16.4. The predicted molar refractivity (Wildman–Crippen MR) is 85.9 cm³/mol. The molecule has 0 unspecified atom stereocenters. The number of fused-ring (bicyclic) bond motifs is 1. The van der Waals surface area contributed by atoms with E-state index < -0.39 is 17.5 Å². The first-order valence-corrected chi connectivity index (χ1v) is 7.26. The Labute approximate surface area is 136 Å². The second-order valence-electron chi connectivity index (χ2n) is 5.00. The lowest BCUT2D eigenvalue weighted by Crippen LogP contribution is -2.30. The van der Waals surface area contributed by atoms with E-state index in [0.29, 0.717) is 15.9 Å². The summed E-state index contributed by atoms with van der Waals surface area (Å²) >= 11 is 6.00. The van der Waals surface area contributed by atoms with Crippen LogP contribution < -0.4 is 5.32 Å². The van der Waals surface area contributed by atoms with E-state index in [-0.39, 0.29) is 12.1 Å². The number of carbonyl (C=O) groups is 2. The second kappa shape index (κ2) is 6.22. The van der Waals surface area contributed by atoms with Crippen LogP contribution in [0.4, 0.5) is 4.39 Å². The Morgan fingerprint density at radius 2 is 1.96 bits per heavy atom. The van der Waals surface area contributed by atoms with Crippen LogP contribution in [0.2, 0.25) is 5.02 Å². The molecule has 3 aromatic rings. The summed E-state index contributed by atoms with van der Waals surface area (Å²) in [7, 11) is 0. The fraction of sp³-hybridized carbons (Fsp3) is 0.0588. The Morgan fingerprint density at radius 3 is 2.74 bits per heavy atom. The number of amides is 1. The van der Waals surface area contributed by atoms with Crippen LogP contribution >= 0.6 is 11.6 Å². The minimum atomic E-state index is -0.741. The van der Waals surface area contributed by atoms with Gasteiger partial charge >= 0.3 is 0 Å². The van der Waals surface area contributed by atoms with E-state index in [1.165, 1.54) is 24.4 Å².